The van der Waals surface area contributed by atoms with Gasteiger partial charge in [-0.1, -0.05) is 34.8 Å². The average molecular weight is 352 g/mol. The van der Waals surface area contributed by atoms with Crippen LogP contribution in [0, 0.1) is 0 Å². The quantitative estimate of drug-likeness (QED) is 0.820. The van der Waals surface area contributed by atoms with Crippen LogP contribution in [-0.4, -0.2) is 8.42 Å². The Hall–Kier alpha value is -1.14. The third kappa shape index (κ3) is 3.30. The van der Waals surface area contributed by atoms with Gasteiger partial charge in [-0.2, -0.15) is 0 Å². The van der Waals surface area contributed by atoms with Gasteiger partial charge in [-0.15, -0.1) is 0 Å². The van der Waals surface area contributed by atoms with Crippen LogP contribution in [0.1, 0.15) is 0 Å². The van der Waals surface area contributed by atoms with E-state index in [2.05, 4.69) is 4.72 Å². The fraction of sp³-hybridized carbons (Fsp3) is 0. The summed E-state index contributed by atoms with van der Waals surface area (Å²) >= 11 is 17.5. The van der Waals surface area contributed by atoms with Crippen LogP contribution in [0.15, 0.2) is 41.3 Å². The number of hydrogen-bond acceptors (Lipinski definition) is 3. The molecule has 0 bridgehead atoms. The molecule has 3 N–H and O–H groups in total. The van der Waals surface area contributed by atoms with Crippen molar-refractivity contribution in [2.75, 3.05) is 10.5 Å². The molecule has 0 saturated carbocycles. The van der Waals surface area contributed by atoms with Gasteiger partial charge in [-0.25, -0.2) is 8.42 Å². The Morgan fingerprint density at radius 2 is 1.55 bits per heavy atom. The first-order valence-corrected chi connectivity index (χ1v) is 7.94. The van der Waals surface area contributed by atoms with Crippen LogP contribution in [0.2, 0.25) is 15.1 Å². The Kier molecular flexibility index (Phi) is 4.34. The van der Waals surface area contributed by atoms with E-state index in [0.717, 1.165) is 0 Å². The number of nitrogens with two attached hydrogens (primary N) is 1. The minimum atomic E-state index is -3.86. The molecule has 2 aromatic carbocycles. The summed E-state index contributed by atoms with van der Waals surface area (Å²) in [6.45, 7) is 0. The van der Waals surface area contributed by atoms with Crippen molar-refractivity contribution in [3.63, 3.8) is 0 Å². The minimum Gasteiger partial charge on any atom is -0.399 e. The van der Waals surface area contributed by atoms with Crippen LogP contribution in [0.3, 0.4) is 0 Å². The van der Waals surface area contributed by atoms with E-state index < -0.39 is 10.0 Å². The summed E-state index contributed by atoms with van der Waals surface area (Å²) in [7, 11) is -3.86. The molecule has 0 fully saturated rings. The number of hydrogen-bond donors (Lipinski definition) is 2. The van der Waals surface area contributed by atoms with Crippen molar-refractivity contribution < 1.29 is 8.42 Å². The zero-order chi connectivity index (χ0) is 14.9. The Bertz CT molecular complexity index is 763. The van der Waals surface area contributed by atoms with Gasteiger partial charge < -0.3 is 5.73 Å². The summed E-state index contributed by atoms with van der Waals surface area (Å²) in [6, 6.07) is 8.60. The summed E-state index contributed by atoms with van der Waals surface area (Å²) in [4.78, 5) is -0.106. The van der Waals surface area contributed by atoms with Crippen molar-refractivity contribution in [2.45, 2.75) is 4.90 Å². The molecule has 106 valence electrons. The summed E-state index contributed by atoms with van der Waals surface area (Å²) in [6.07, 6.45) is 0. The molecule has 0 heterocycles. The van der Waals surface area contributed by atoms with Gasteiger partial charge in [0.05, 0.1) is 20.8 Å². The highest BCUT2D eigenvalue weighted by molar-refractivity contribution is 7.92. The van der Waals surface area contributed by atoms with E-state index in [1.165, 1.54) is 36.4 Å². The second-order valence-corrected chi connectivity index (χ2v) is 6.80. The molecule has 8 heteroatoms. The number of sulfonamides is 1. The number of nitrogens with one attached hydrogen (secondary N) is 1. The summed E-state index contributed by atoms with van der Waals surface area (Å²) < 4.78 is 26.8. The van der Waals surface area contributed by atoms with E-state index in [9.17, 15) is 8.42 Å². The van der Waals surface area contributed by atoms with Gasteiger partial charge in [0.2, 0.25) is 0 Å². The lowest BCUT2D eigenvalue weighted by Gasteiger charge is -2.10. The molecule has 0 saturated heterocycles. The van der Waals surface area contributed by atoms with E-state index >= 15 is 0 Å². The largest absolute Gasteiger partial charge is 0.399 e. The maximum absolute atomic E-state index is 12.2. The van der Waals surface area contributed by atoms with Gasteiger partial charge in [0.1, 0.15) is 4.90 Å². The van der Waals surface area contributed by atoms with Gasteiger partial charge in [-0.3, -0.25) is 4.72 Å². The lowest BCUT2D eigenvalue weighted by atomic mass is 10.3. The van der Waals surface area contributed by atoms with Crippen LogP contribution < -0.4 is 10.5 Å². The van der Waals surface area contributed by atoms with Gasteiger partial charge in [-0.05, 0) is 36.4 Å². The van der Waals surface area contributed by atoms with Gasteiger partial charge >= 0.3 is 0 Å². The molecule has 0 radical (unpaired) electrons. The molecule has 0 unspecified atom stereocenters. The van der Waals surface area contributed by atoms with Crippen molar-refractivity contribution >= 4 is 56.2 Å². The van der Waals surface area contributed by atoms with E-state index in [1.54, 1.807) is 0 Å². The van der Waals surface area contributed by atoms with Crippen molar-refractivity contribution in [3.05, 3.63) is 51.5 Å². The molecule has 4 nitrogen and oxygen atoms in total. The van der Waals surface area contributed by atoms with Crippen LogP contribution in [-0.2, 0) is 10.0 Å². The number of nitrogen functional groups attached to an aromatic ring is 1. The standard InChI is InChI=1S/C12H9Cl3N2O2S/c13-9-4-2-8(6-11(9)15)17-20(18,19)12-5-7(16)1-3-10(12)14/h1-6,17H,16H2. The fourth-order valence-corrected chi connectivity index (χ4v) is 3.38. The smallest absolute Gasteiger partial charge is 0.263 e. The predicted molar refractivity (Wildman–Crippen MR) is 83.1 cm³/mol. The summed E-state index contributed by atoms with van der Waals surface area (Å²) in [5, 5.41) is 0.647. The Morgan fingerprint density at radius 3 is 2.20 bits per heavy atom. The highest BCUT2D eigenvalue weighted by Gasteiger charge is 2.18. The van der Waals surface area contributed by atoms with E-state index in [1.807, 2.05) is 0 Å². The molecular weight excluding hydrogens is 343 g/mol. The molecule has 0 aliphatic carbocycles. The van der Waals surface area contributed by atoms with Crippen molar-refractivity contribution in [2.24, 2.45) is 0 Å². The van der Waals surface area contributed by atoms with Crippen LogP contribution in [0.25, 0.3) is 0 Å². The Labute approximate surface area is 131 Å². The molecule has 0 amide bonds. The van der Waals surface area contributed by atoms with E-state index in [0.29, 0.717) is 10.7 Å². The lowest BCUT2D eigenvalue weighted by Crippen LogP contribution is -2.13. The Balaban J connectivity index is 2.40. The molecular formula is C12H9Cl3N2O2S. The molecule has 2 rings (SSSR count). The highest BCUT2D eigenvalue weighted by Crippen LogP contribution is 2.29. The highest BCUT2D eigenvalue weighted by atomic mass is 35.5. The van der Waals surface area contributed by atoms with Crippen LogP contribution >= 0.6 is 34.8 Å². The molecule has 0 aromatic heterocycles. The van der Waals surface area contributed by atoms with Gasteiger partial charge in [0.15, 0.2) is 0 Å². The third-order valence-electron chi connectivity index (χ3n) is 2.42. The van der Waals surface area contributed by atoms with Gasteiger partial charge in [0.25, 0.3) is 10.0 Å². The SMILES string of the molecule is Nc1ccc(Cl)c(S(=O)(=O)Nc2ccc(Cl)c(Cl)c2)c1. The Morgan fingerprint density at radius 1 is 0.900 bits per heavy atom. The second-order valence-electron chi connectivity index (χ2n) is 3.92. The fourth-order valence-electron chi connectivity index (χ4n) is 1.50. The zero-order valence-electron chi connectivity index (χ0n) is 9.90. The summed E-state index contributed by atoms with van der Waals surface area (Å²) in [5.41, 5.74) is 6.14. The molecule has 0 spiro atoms. The average Bonchev–Trinajstić information content (AvgIpc) is 2.36. The number of benzene rings is 2. The first-order chi connectivity index (χ1) is 9.29. The molecule has 2 aromatic rings. The number of halogens is 3. The normalized spacial score (nSPS) is 11.3. The lowest BCUT2D eigenvalue weighted by molar-refractivity contribution is 0.601. The topological polar surface area (TPSA) is 72.2 Å². The molecule has 0 aliphatic rings. The molecule has 20 heavy (non-hydrogen) atoms. The van der Waals surface area contributed by atoms with Crippen molar-refractivity contribution in [1.82, 2.24) is 0 Å². The third-order valence-corrected chi connectivity index (χ3v) is 5.02. The van der Waals surface area contributed by atoms with E-state index in [-0.39, 0.29) is 20.6 Å². The first-order valence-electron chi connectivity index (χ1n) is 5.32. The number of rotatable bonds is 3. The van der Waals surface area contributed by atoms with Crippen molar-refractivity contribution in [1.29, 1.82) is 0 Å². The monoisotopic (exact) mass is 350 g/mol. The first kappa shape index (κ1) is 15.3. The minimum absolute atomic E-state index is 0.0757. The number of anilines is 2. The van der Waals surface area contributed by atoms with Crippen LogP contribution in [0.5, 0.6) is 0 Å². The van der Waals surface area contributed by atoms with E-state index in [4.69, 9.17) is 40.5 Å². The second kappa shape index (κ2) is 5.69. The zero-order valence-corrected chi connectivity index (χ0v) is 13.0. The predicted octanol–water partition coefficient (Wildman–Crippen LogP) is 4.03. The van der Waals surface area contributed by atoms with Crippen molar-refractivity contribution in [3.8, 4) is 0 Å². The molecule has 0 aliphatic heterocycles. The summed E-state index contributed by atoms with van der Waals surface area (Å²) in [5.74, 6) is 0. The molecule has 0 atom stereocenters. The maximum atomic E-state index is 12.2. The maximum Gasteiger partial charge on any atom is 0.263 e. The van der Waals surface area contributed by atoms with Crippen LogP contribution in [0.4, 0.5) is 11.4 Å². The van der Waals surface area contributed by atoms with Gasteiger partial charge in [0, 0.05) is 5.69 Å².